The molecule has 0 saturated carbocycles. The Hall–Kier alpha value is -0.300. The minimum absolute atomic E-state index is 0.439. The van der Waals surface area contributed by atoms with Gasteiger partial charge in [-0.15, -0.1) is 6.58 Å². The van der Waals surface area contributed by atoms with Crippen LogP contribution in [-0.4, -0.2) is 12.6 Å². The van der Waals surface area contributed by atoms with Gasteiger partial charge >= 0.3 is 0 Å². The molecule has 0 heterocycles. The van der Waals surface area contributed by atoms with Crippen LogP contribution in [0.25, 0.3) is 0 Å². The van der Waals surface area contributed by atoms with Crippen LogP contribution in [0.4, 0.5) is 0 Å². The average molecular weight is 197 g/mol. The second-order valence-corrected chi connectivity index (χ2v) is 5.05. The van der Waals surface area contributed by atoms with E-state index in [1.807, 2.05) is 6.08 Å². The molecule has 0 aliphatic heterocycles. The van der Waals surface area contributed by atoms with E-state index >= 15 is 0 Å². The molecule has 0 amide bonds. The van der Waals surface area contributed by atoms with Gasteiger partial charge in [0.05, 0.1) is 0 Å². The summed E-state index contributed by atoms with van der Waals surface area (Å²) in [6, 6.07) is 0.634. The highest BCUT2D eigenvalue weighted by atomic mass is 14.9. The van der Waals surface area contributed by atoms with Crippen molar-refractivity contribution in [3.8, 4) is 0 Å². The summed E-state index contributed by atoms with van der Waals surface area (Å²) < 4.78 is 0. The van der Waals surface area contributed by atoms with Gasteiger partial charge in [0.25, 0.3) is 0 Å². The smallest absolute Gasteiger partial charge is 0.00438 e. The van der Waals surface area contributed by atoms with E-state index in [0.29, 0.717) is 11.5 Å². The second kappa shape index (κ2) is 7.05. The van der Waals surface area contributed by atoms with Gasteiger partial charge in [0.15, 0.2) is 0 Å². The lowest BCUT2D eigenvalue weighted by molar-refractivity contribution is 0.270. The molecule has 84 valence electrons. The van der Waals surface area contributed by atoms with E-state index in [1.165, 1.54) is 19.3 Å². The molecule has 1 heteroatoms. The van der Waals surface area contributed by atoms with E-state index in [1.54, 1.807) is 0 Å². The average Bonchev–Trinajstić information content (AvgIpc) is 2.11. The number of allylic oxidation sites excluding steroid dienone is 1. The molecule has 0 aromatic rings. The van der Waals surface area contributed by atoms with Crippen LogP contribution in [0.3, 0.4) is 0 Å². The molecular formula is C13H27N. The molecule has 0 spiro atoms. The van der Waals surface area contributed by atoms with Crippen LogP contribution < -0.4 is 5.32 Å². The van der Waals surface area contributed by atoms with Crippen molar-refractivity contribution in [2.24, 2.45) is 5.41 Å². The topological polar surface area (TPSA) is 12.0 Å². The molecular weight excluding hydrogens is 170 g/mol. The van der Waals surface area contributed by atoms with Gasteiger partial charge in [0.1, 0.15) is 0 Å². The third kappa shape index (κ3) is 7.14. The Balaban J connectivity index is 3.75. The summed E-state index contributed by atoms with van der Waals surface area (Å²) in [5.74, 6) is 0. The molecule has 0 rings (SSSR count). The largest absolute Gasteiger partial charge is 0.314 e. The molecule has 0 radical (unpaired) electrons. The summed E-state index contributed by atoms with van der Waals surface area (Å²) in [5.41, 5.74) is 0.439. The molecule has 0 fully saturated rings. The standard InChI is InChI=1S/C13H27N/c1-6-8-9-13(4,5)11-12(3)14-10-7-2/h6,12,14H,1,7-11H2,2-5H3. The third-order valence-electron chi connectivity index (χ3n) is 2.63. The second-order valence-electron chi connectivity index (χ2n) is 5.05. The highest BCUT2D eigenvalue weighted by molar-refractivity contribution is 4.78. The lowest BCUT2D eigenvalue weighted by atomic mass is 9.82. The fraction of sp³-hybridized carbons (Fsp3) is 0.846. The highest BCUT2D eigenvalue weighted by Crippen LogP contribution is 2.28. The Morgan fingerprint density at radius 3 is 2.57 bits per heavy atom. The van der Waals surface area contributed by atoms with Crippen molar-refractivity contribution in [3.63, 3.8) is 0 Å². The first-order valence-electron chi connectivity index (χ1n) is 5.86. The monoisotopic (exact) mass is 197 g/mol. The maximum atomic E-state index is 3.78. The third-order valence-corrected chi connectivity index (χ3v) is 2.63. The van der Waals surface area contributed by atoms with Crippen molar-refractivity contribution in [1.29, 1.82) is 0 Å². The minimum atomic E-state index is 0.439. The van der Waals surface area contributed by atoms with Crippen LogP contribution in [-0.2, 0) is 0 Å². The molecule has 1 nitrogen and oxygen atoms in total. The Morgan fingerprint density at radius 1 is 1.43 bits per heavy atom. The van der Waals surface area contributed by atoms with Gasteiger partial charge in [-0.1, -0.05) is 26.8 Å². The maximum Gasteiger partial charge on any atom is 0.00438 e. The molecule has 1 N–H and O–H groups in total. The number of rotatable bonds is 8. The zero-order valence-electron chi connectivity index (χ0n) is 10.4. The van der Waals surface area contributed by atoms with Crippen molar-refractivity contribution in [1.82, 2.24) is 5.32 Å². The van der Waals surface area contributed by atoms with Gasteiger partial charge in [-0.25, -0.2) is 0 Å². The molecule has 0 saturated heterocycles. The predicted molar refractivity (Wildman–Crippen MR) is 65.6 cm³/mol. The molecule has 0 aliphatic rings. The summed E-state index contributed by atoms with van der Waals surface area (Å²) in [4.78, 5) is 0. The van der Waals surface area contributed by atoms with Gasteiger partial charge in [-0.2, -0.15) is 0 Å². The first-order valence-corrected chi connectivity index (χ1v) is 5.86. The lowest BCUT2D eigenvalue weighted by Crippen LogP contribution is -2.31. The molecule has 1 atom stereocenters. The van der Waals surface area contributed by atoms with Gasteiger partial charge in [0.2, 0.25) is 0 Å². The summed E-state index contributed by atoms with van der Waals surface area (Å²) in [5, 5.41) is 3.54. The number of nitrogens with one attached hydrogen (secondary N) is 1. The van der Waals surface area contributed by atoms with E-state index in [0.717, 1.165) is 13.0 Å². The summed E-state index contributed by atoms with van der Waals surface area (Å²) in [6.45, 7) is 14.1. The number of hydrogen-bond donors (Lipinski definition) is 1. The van der Waals surface area contributed by atoms with Gasteiger partial charge in [0, 0.05) is 6.04 Å². The summed E-state index contributed by atoms with van der Waals surface area (Å²) in [7, 11) is 0. The molecule has 14 heavy (non-hydrogen) atoms. The molecule has 0 aliphatic carbocycles. The lowest BCUT2D eigenvalue weighted by Gasteiger charge is -2.28. The summed E-state index contributed by atoms with van der Waals surface area (Å²) >= 11 is 0. The fourth-order valence-corrected chi connectivity index (χ4v) is 1.89. The molecule has 0 aromatic carbocycles. The first-order chi connectivity index (χ1) is 6.52. The van der Waals surface area contributed by atoms with Crippen LogP contribution in [0.15, 0.2) is 12.7 Å². The van der Waals surface area contributed by atoms with Crippen LogP contribution in [0.5, 0.6) is 0 Å². The minimum Gasteiger partial charge on any atom is -0.314 e. The Morgan fingerprint density at radius 2 is 2.07 bits per heavy atom. The molecule has 1 unspecified atom stereocenters. The Kier molecular flexibility index (Phi) is 6.90. The van der Waals surface area contributed by atoms with E-state index in [4.69, 9.17) is 0 Å². The van der Waals surface area contributed by atoms with Crippen molar-refractivity contribution in [2.45, 2.75) is 59.4 Å². The highest BCUT2D eigenvalue weighted by Gasteiger charge is 2.19. The van der Waals surface area contributed by atoms with Crippen molar-refractivity contribution in [2.75, 3.05) is 6.54 Å². The van der Waals surface area contributed by atoms with Gasteiger partial charge in [-0.05, 0) is 44.6 Å². The number of hydrogen-bond acceptors (Lipinski definition) is 1. The molecule has 0 bridgehead atoms. The Bertz CT molecular complexity index is 149. The quantitative estimate of drug-likeness (QED) is 0.584. The van der Waals surface area contributed by atoms with E-state index in [-0.39, 0.29) is 0 Å². The van der Waals surface area contributed by atoms with Crippen LogP contribution in [0, 0.1) is 5.41 Å². The van der Waals surface area contributed by atoms with Crippen molar-refractivity contribution in [3.05, 3.63) is 12.7 Å². The van der Waals surface area contributed by atoms with Crippen molar-refractivity contribution >= 4 is 0 Å². The fourth-order valence-electron chi connectivity index (χ4n) is 1.89. The zero-order chi connectivity index (χ0) is 11.0. The zero-order valence-corrected chi connectivity index (χ0v) is 10.4. The normalized spacial score (nSPS) is 14.0. The van der Waals surface area contributed by atoms with Gasteiger partial charge < -0.3 is 5.32 Å². The van der Waals surface area contributed by atoms with Crippen molar-refractivity contribution < 1.29 is 0 Å². The van der Waals surface area contributed by atoms with E-state index in [9.17, 15) is 0 Å². The van der Waals surface area contributed by atoms with Crippen LogP contribution in [0.1, 0.15) is 53.4 Å². The maximum absolute atomic E-state index is 3.78. The van der Waals surface area contributed by atoms with Crippen LogP contribution >= 0.6 is 0 Å². The van der Waals surface area contributed by atoms with E-state index < -0.39 is 0 Å². The predicted octanol–water partition coefficient (Wildman–Crippen LogP) is 3.76. The first kappa shape index (κ1) is 13.7. The van der Waals surface area contributed by atoms with Crippen LogP contribution in [0.2, 0.25) is 0 Å². The SMILES string of the molecule is C=CCCC(C)(C)CC(C)NCCC. The van der Waals surface area contributed by atoms with Gasteiger partial charge in [-0.3, -0.25) is 0 Å². The summed E-state index contributed by atoms with van der Waals surface area (Å²) in [6.07, 6.45) is 6.87. The molecule has 0 aromatic heterocycles. The van der Waals surface area contributed by atoms with E-state index in [2.05, 4.69) is 39.6 Å². The Labute approximate surface area is 90.0 Å².